The van der Waals surface area contributed by atoms with Crippen LogP contribution in [0.1, 0.15) is 19.3 Å². The Kier molecular flexibility index (Phi) is 1.90. The van der Waals surface area contributed by atoms with Gasteiger partial charge in [-0.05, 0) is 25.2 Å². The van der Waals surface area contributed by atoms with Gasteiger partial charge in [0.25, 0.3) is 0 Å². The molecular formula is C9H19N2+. The van der Waals surface area contributed by atoms with Gasteiger partial charge >= 0.3 is 0 Å². The molecule has 0 amide bonds. The molecule has 0 aliphatic carbocycles. The molecule has 2 nitrogen and oxygen atoms in total. The second-order valence-corrected chi connectivity index (χ2v) is 4.26. The zero-order valence-corrected chi connectivity index (χ0v) is 7.26. The van der Waals surface area contributed by atoms with Crippen LogP contribution in [0, 0.1) is 5.92 Å². The number of quaternary nitrogens is 1. The van der Waals surface area contributed by atoms with Gasteiger partial charge in [-0.2, -0.15) is 0 Å². The van der Waals surface area contributed by atoms with Crippen LogP contribution in [-0.4, -0.2) is 37.2 Å². The smallest absolute Gasteiger partial charge is 0.0911 e. The van der Waals surface area contributed by atoms with Crippen molar-refractivity contribution in [3.8, 4) is 0 Å². The Morgan fingerprint density at radius 1 is 1.09 bits per heavy atom. The van der Waals surface area contributed by atoms with E-state index in [1.54, 1.807) is 0 Å². The molecule has 3 heterocycles. The van der Waals surface area contributed by atoms with E-state index in [2.05, 4.69) is 0 Å². The Hall–Kier alpha value is -0.0800. The second-order valence-electron chi connectivity index (χ2n) is 4.26. The van der Waals surface area contributed by atoms with Gasteiger partial charge in [0, 0.05) is 6.54 Å². The lowest BCUT2D eigenvalue weighted by atomic mass is 9.86. The van der Waals surface area contributed by atoms with Crippen LogP contribution < -0.4 is 5.73 Å². The molecule has 3 aliphatic heterocycles. The van der Waals surface area contributed by atoms with Gasteiger partial charge in [0.1, 0.15) is 0 Å². The van der Waals surface area contributed by atoms with Gasteiger partial charge < -0.3 is 10.2 Å². The minimum absolute atomic E-state index is 0.880. The molecule has 3 fully saturated rings. The van der Waals surface area contributed by atoms with Crippen molar-refractivity contribution in [3.05, 3.63) is 0 Å². The van der Waals surface area contributed by atoms with Gasteiger partial charge in [0.2, 0.25) is 0 Å². The van der Waals surface area contributed by atoms with Crippen molar-refractivity contribution in [1.82, 2.24) is 0 Å². The molecule has 0 unspecified atom stereocenters. The number of hydrogen-bond donors (Lipinski definition) is 1. The van der Waals surface area contributed by atoms with Crippen LogP contribution in [0.4, 0.5) is 0 Å². The van der Waals surface area contributed by atoms with Crippen LogP contribution in [0.25, 0.3) is 0 Å². The molecule has 0 radical (unpaired) electrons. The summed E-state index contributed by atoms with van der Waals surface area (Å²) in [6.45, 7) is 6.36. The standard InChI is InChI=1S/C9H19N2/c10-4-8-11-5-1-9(2-6-11)3-7-11/h9H,1-8,10H2/q+1. The molecule has 0 aromatic heterocycles. The molecule has 3 saturated heterocycles. The average molecular weight is 155 g/mol. The van der Waals surface area contributed by atoms with Crippen LogP contribution in [0.5, 0.6) is 0 Å². The molecule has 0 aromatic rings. The lowest BCUT2D eigenvalue weighted by Gasteiger charge is -2.49. The molecule has 3 rings (SSSR count). The summed E-state index contributed by atoms with van der Waals surface area (Å²) in [5, 5.41) is 0. The molecule has 0 spiro atoms. The van der Waals surface area contributed by atoms with Gasteiger partial charge in [-0.25, -0.2) is 0 Å². The van der Waals surface area contributed by atoms with Gasteiger partial charge in [0.15, 0.2) is 0 Å². The fraction of sp³-hybridized carbons (Fsp3) is 1.00. The van der Waals surface area contributed by atoms with Crippen molar-refractivity contribution in [2.45, 2.75) is 19.3 Å². The maximum atomic E-state index is 5.62. The Morgan fingerprint density at radius 2 is 1.64 bits per heavy atom. The van der Waals surface area contributed by atoms with E-state index < -0.39 is 0 Å². The second kappa shape index (κ2) is 2.76. The van der Waals surface area contributed by atoms with E-state index >= 15 is 0 Å². The quantitative estimate of drug-likeness (QED) is 0.580. The summed E-state index contributed by atoms with van der Waals surface area (Å²) < 4.78 is 1.35. The lowest BCUT2D eigenvalue weighted by Crippen LogP contribution is -2.59. The molecule has 2 N–H and O–H groups in total. The van der Waals surface area contributed by atoms with Gasteiger partial charge in [0.05, 0.1) is 26.2 Å². The predicted octanol–water partition coefficient (Wildman–Crippen LogP) is 0.576. The fourth-order valence-electron chi connectivity index (χ4n) is 2.75. The molecule has 0 atom stereocenters. The Morgan fingerprint density at radius 3 is 2.09 bits per heavy atom. The third-order valence-electron chi connectivity index (χ3n) is 3.64. The highest BCUT2D eigenvalue weighted by Gasteiger charge is 2.38. The van der Waals surface area contributed by atoms with E-state index in [1.165, 1.54) is 49.9 Å². The van der Waals surface area contributed by atoms with Crippen LogP contribution in [-0.2, 0) is 0 Å². The van der Waals surface area contributed by atoms with Crippen molar-refractivity contribution in [2.75, 3.05) is 32.7 Å². The number of nitrogens with two attached hydrogens (primary N) is 1. The summed E-state index contributed by atoms with van der Waals surface area (Å²) in [5.74, 6) is 1.08. The highest BCUT2D eigenvalue weighted by atomic mass is 15.4. The first-order valence-corrected chi connectivity index (χ1v) is 4.90. The largest absolute Gasteiger partial charge is 0.326 e. The summed E-state index contributed by atoms with van der Waals surface area (Å²) in [7, 11) is 0. The minimum Gasteiger partial charge on any atom is -0.326 e. The van der Waals surface area contributed by atoms with E-state index in [-0.39, 0.29) is 0 Å². The third-order valence-corrected chi connectivity index (χ3v) is 3.64. The first-order chi connectivity index (χ1) is 5.35. The minimum atomic E-state index is 0.880. The van der Waals surface area contributed by atoms with Gasteiger partial charge in [-0.3, -0.25) is 0 Å². The highest BCUT2D eigenvalue weighted by molar-refractivity contribution is 4.71. The molecule has 0 saturated carbocycles. The lowest BCUT2D eigenvalue weighted by molar-refractivity contribution is -0.941. The van der Waals surface area contributed by atoms with E-state index in [9.17, 15) is 0 Å². The molecule has 11 heavy (non-hydrogen) atoms. The van der Waals surface area contributed by atoms with Crippen molar-refractivity contribution in [1.29, 1.82) is 0 Å². The third kappa shape index (κ3) is 1.30. The van der Waals surface area contributed by atoms with Crippen molar-refractivity contribution in [3.63, 3.8) is 0 Å². The summed E-state index contributed by atoms with van der Waals surface area (Å²) in [6, 6.07) is 0. The first-order valence-electron chi connectivity index (χ1n) is 4.90. The fourth-order valence-corrected chi connectivity index (χ4v) is 2.75. The summed E-state index contributed by atoms with van der Waals surface area (Å²) >= 11 is 0. The van der Waals surface area contributed by atoms with Crippen LogP contribution in [0.3, 0.4) is 0 Å². The maximum Gasteiger partial charge on any atom is 0.0911 e. The molecular weight excluding hydrogens is 136 g/mol. The van der Waals surface area contributed by atoms with Crippen molar-refractivity contribution in [2.24, 2.45) is 11.7 Å². The zero-order valence-electron chi connectivity index (χ0n) is 7.26. The summed E-state index contributed by atoms with van der Waals surface area (Å²) in [5.41, 5.74) is 5.62. The number of piperidine rings is 3. The Labute approximate surface area is 69.0 Å². The maximum absolute atomic E-state index is 5.62. The van der Waals surface area contributed by atoms with E-state index in [1.807, 2.05) is 0 Å². The van der Waals surface area contributed by atoms with Crippen LogP contribution >= 0.6 is 0 Å². The molecule has 3 aliphatic rings. The Balaban J connectivity index is 2.00. The number of hydrogen-bond acceptors (Lipinski definition) is 1. The number of fused-ring (bicyclic) bond motifs is 3. The molecule has 2 heteroatoms. The highest BCUT2D eigenvalue weighted by Crippen LogP contribution is 2.32. The van der Waals surface area contributed by atoms with E-state index in [0.717, 1.165) is 12.5 Å². The molecule has 2 bridgehead atoms. The van der Waals surface area contributed by atoms with Gasteiger partial charge in [-0.1, -0.05) is 0 Å². The predicted molar refractivity (Wildman–Crippen MR) is 46.1 cm³/mol. The van der Waals surface area contributed by atoms with Crippen LogP contribution in [0.15, 0.2) is 0 Å². The summed E-state index contributed by atoms with van der Waals surface area (Å²) in [6.07, 6.45) is 4.42. The van der Waals surface area contributed by atoms with E-state index in [4.69, 9.17) is 5.73 Å². The summed E-state index contributed by atoms with van der Waals surface area (Å²) in [4.78, 5) is 0. The van der Waals surface area contributed by atoms with Crippen molar-refractivity contribution >= 4 is 0 Å². The Bertz CT molecular complexity index is 117. The normalized spacial score (nSPS) is 42.8. The number of rotatable bonds is 2. The SMILES string of the molecule is NCC[N+]12CCC(CC1)CC2. The first kappa shape index (κ1) is 7.56. The molecule has 64 valence electrons. The number of nitrogens with zero attached hydrogens (tertiary/aromatic N) is 1. The monoisotopic (exact) mass is 155 g/mol. The topological polar surface area (TPSA) is 26.0 Å². The van der Waals surface area contributed by atoms with E-state index in [0.29, 0.717) is 0 Å². The molecule has 0 aromatic carbocycles. The van der Waals surface area contributed by atoms with Crippen LogP contribution in [0.2, 0.25) is 0 Å². The van der Waals surface area contributed by atoms with Crippen molar-refractivity contribution < 1.29 is 4.48 Å². The van der Waals surface area contributed by atoms with Gasteiger partial charge in [-0.15, -0.1) is 0 Å². The average Bonchev–Trinajstić information content (AvgIpc) is 2.07. The zero-order chi connectivity index (χ0) is 7.73.